The second-order valence-electron chi connectivity index (χ2n) is 3.03. The zero-order chi connectivity index (χ0) is 9.68. The summed E-state index contributed by atoms with van der Waals surface area (Å²) in [5.74, 6) is 0. The highest BCUT2D eigenvalue weighted by atomic mass is 16.5. The van der Waals surface area contributed by atoms with Gasteiger partial charge in [-0.2, -0.15) is 0 Å². The van der Waals surface area contributed by atoms with Gasteiger partial charge < -0.3 is 20.1 Å². The molecule has 13 heavy (non-hydrogen) atoms. The summed E-state index contributed by atoms with van der Waals surface area (Å²) < 4.78 is 4.64. The van der Waals surface area contributed by atoms with E-state index in [0.29, 0.717) is 13.0 Å². The van der Waals surface area contributed by atoms with Crippen LogP contribution in [0.4, 0.5) is 4.79 Å². The van der Waals surface area contributed by atoms with E-state index in [1.165, 1.54) is 7.11 Å². The van der Waals surface area contributed by atoms with Crippen molar-refractivity contribution in [3.63, 3.8) is 0 Å². The van der Waals surface area contributed by atoms with Gasteiger partial charge in [-0.25, -0.2) is 4.79 Å². The topological polar surface area (TPSA) is 61.8 Å². The summed E-state index contributed by atoms with van der Waals surface area (Å²) in [4.78, 5) is 12.9. The van der Waals surface area contributed by atoms with Gasteiger partial charge in [0.05, 0.1) is 7.11 Å². The molecule has 1 unspecified atom stereocenters. The molecular formula is C8H16N2O3. The number of hydrogen-bond acceptors (Lipinski definition) is 4. The molecule has 0 aromatic carbocycles. The Bertz CT molecular complexity index is 173. The number of nitrogens with zero attached hydrogens (tertiary/aromatic N) is 1. The lowest BCUT2D eigenvalue weighted by Crippen LogP contribution is -2.53. The minimum atomic E-state index is -0.306. The van der Waals surface area contributed by atoms with E-state index in [-0.39, 0.29) is 18.7 Å². The van der Waals surface area contributed by atoms with Gasteiger partial charge in [0, 0.05) is 32.3 Å². The van der Waals surface area contributed by atoms with Crippen LogP contribution in [0.15, 0.2) is 0 Å². The van der Waals surface area contributed by atoms with Gasteiger partial charge in [-0.1, -0.05) is 0 Å². The third kappa shape index (κ3) is 2.57. The van der Waals surface area contributed by atoms with Crippen molar-refractivity contribution in [3.05, 3.63) is 0 Å². The van der Waals surface area contributed by atoms with E-state index in [1.807, 2.05) is 0 Å². The Hall–Kier alpha value is -0.810. The maximum Gasteiger partial charge on any atom is 0.409 e. The molecule has 0 aromatic heterocycles. The molecule has 1 rings (SSSR count). The number of aliphatic hydroxyl groups excluding tert-OH is 1. The first-order valence-electron chi connectivity index (χ1n) is 4.45. The Labute approximate surface area is 77.7 Å². The molecule has 76 valence electrons. The fourth-order valence-electron chi connectivity index (χ4n) is 1.53. The molecule has 0 saturated carbocycles. The minimum Gasteiger partial charge on any atom is -0.453 e. The van der Waals surface area contributed by atoms with E-state index in [1.54, 1.807) is 4.90 Å². The number of carbonyl (C=O) groups excluding carboxylic acids is 1. The third-order valence-corrected chi connectivity index (χ3v) is 2.22. The lowest BCUT2D eigenvalue weighted by molar-refractivity contribution is 0.0857. The molecule has 1 saturated heterocycles. The highest BCUT2D eigenvalue weighted by molar-refractivity contribution is 5.68. The van der Waals surface area contributed by atoms with Crippen molar-refractivity contribution in [2.75, 3.05) is 33.4 Å². The maximum atomic E-state index is 11.2. The van der Waals surface area contributed by atoms with Crippen LogP contribution in [0.5, 0.6) is 0 Å². The number of hydrogen-bond donors (Lipinski definition) is 2. The van der Waals surface area contributed by atoms with Crippen molar-refractivity contribution in [2.24, 2.45) is 0 Å². The fourth-order valence-corrected chi connectivity index (χ4v) is 1.53. The lowest BCUT2D eigenvalue weighted by Gasteiger charge is -2.34. The molecule has 0 spiro atoms. The number of nitrogens with one attached hydrogen (secondary N) is 1. The van der Waals surface area contributed by atoms with Gasteiger partial charge in [-0.05, 0) is 6.42 Å². The van der Waals surface area contributed by atoms with E-state index in [9.17, 15) is 4.79 Å². The predicted octanol–water partition coefficient (Wildman–Crippen LogP) is -0.591. The SMILES string of the molecule is COC(=O)N1CCNCC1CCO. The van der Waals surface area contributed by atoms with Crippen molar-refractivity contribution in [1.29, 1.82) is 0 Å². The normalized spacial score (nSPS) is 22.9. The maximum absolute atomic E-state index is 11.2. The van der Waals surface area contributed by atoms with Gasteiger partial charge in [0.1, 0.15) is 0 Å². The average molecular weight is 188 g/mol. The van der Waals surface area contributed by atoms with Crippen molar-refractivity contribution in [3.8, 4) is 0 Å². The highest BCUT2D eigenvalue weighted by Crippen LogP contribution is 2.08. The van der Waals surface area contributed by atoms with E-state index in [2.05, 4.69) is 10.1 Å². The van der Waals surface area contributed by atoms with E-state index < -0.39 is 0 Å². The van der Waals surface area contributed by atoms with Gasteiger partial charge in [-0.3, -0.25) is 0 Å². The monoisotopic (exact) mass is 188 g/mol. The molecule has 0 bridgehead atoms. The zero-order valence-electron chi connectivity index (χ0n) is 7.82. The van der Waals surface area contributed by atoms with Crippen LogP contribution in [0, 0.1) is 0 Å². The molecule has 5 heteroatoms. The minimum absolute atomic E-state index is 0.0613. The van der Waals surface area contributed by atoms with Crippen molar-refractivity contribution in [1.82, 2.24) is 10.2 Å². The highest BCUT2D eigenvalue weighted by Gasteiger charge is 2.26. The summed E-state index contributed by atoms with van der Waals surface area (Å²) in [6.07, 6.45) is 0.294. The molecule has 1 fully saturated rings. The van der Waals surface area contributed by atoms with Gasteiger partial charge in [0.2, 0.25) is 0 Å². The number of aliphatic hydroxyl groups is 1. The van der Waals surface area contributed by atoms with Gasteiger partial charge in [0.25, 0.3) is 0 Å². The van der Waals surface area contributed by atoms with E-state index in [0.717, 1.165) is 13.1 Å². The van der Waals surface area contributed by atoms with Crippen LogP contribution in [-0.2, 0) is 4.74 Å². The molecule has 1 atom stereocenters. The van der Waals surface area contributed by atoms with Crippen LogP contribution in [0.1, 0.15) is 6.42 Å². The Morgan fingerprint density at radius 3 is 3.15 bits per heavy atom. The van der Waals surface area contributed by atoms with Crippen molar-refractivity contribution in [2.45, 2.75) is 12.5 Å². The first kappa shape index (κ1) is 10.3. The third-order valence-electron chi connectivity index (χ3n) is 2.22. The van der Waals surface area contributed by atoms with Gasteiger partial charge in [0.15, 0.2) is 0 Å². The van der Waals surface area contributed by atoms with Crippen LogP contribution in [-0.4, -0.2) is 55.5 Å². The quantitative estimate of drug-likeness (QED) is 0.608. The molecule has 1 amide bonds. The van der Waals surface area contributed by atoms with E-state index >= 15 is 0 Å². The summed E-state index contributed by atoms with van der Waals surface area (Å²) >= 11 is 0. The lowest BCUT2D eigenvalue weighted by atomic mass is 10.1. The smallest absolute Gasteiger partial charge is 0.409 e. The Morgan fingerprint density at radius 2 is 2.54 bits per heavy atom. The van der Waals surface area contributed by atoms with Crippen LogP contribution < -0.4 is 5.32 Å². The molecule has 0 aromatic rings. The second-order valence-corrected chi connectivity index (χ2v) is 3.03. The molecular weight excluding hydrogens is 172 g/mol. The molecule has 0 aliphatic carbocycles. The summed E-state index contributed by atoms with van der Waals surface area (Å²) in [6.45, 7) is 2.27. The summed E-state index contributed by atoms with van der Waals surface area (Å²) in [5, 5.41) is 12.0. The summed E-state index contributed by atoms with van der Waals surface area (Å²) in [5.41, 5.74) is 0. The molecule has 0 radical (unpaired) electrons. The molecule has 1 heterocycles. The number of rotatable bonds is 2. The largest absolute Gasteiger partial charge is 0.453 e. The Balaban J connectivity index is 2.50. The van der Waals surface area contributed by atoms with Crippen molar-refractivity contribution < 1.29 is 14.6 Å². The average Bonchev–Trinajstić information content (AvgIpc) is 2.18. The van der Waals surface area contributed by atoms with Crippen LogP contribution in [0.25, 0.3) is 0 Å². The molecule has 1 aliphatic rings. The molecule has 1 aliphatic heterocycles. The number of amides is 1. The summed E-state index contributed by atoms with van der Waals surface area (Å²) in [6, 6.07) is 0.0613. The van der Waals surface area contributed by atoms with E-state index in [4.69, 9.17) is 5.11 Å². The molecule has 5 nitrogen and oxygen atoms in total. The van der Waals surface area contributed by atoms with Gasteiger partial charge >= 0.3 is 6.09 Å². The second kappa shape index (κ2) is 5.04. The zero-order valence-corrected chi connectivity index (χ0v) is 7.82. The number of ether oxygens (including phenoxy) is 1. The first-order valence-corrected chi connectivity index (χ1v) is 4.45. The summed E-state index contributed by atoms with van der Waals surface area (Å²) in [7, 11) is 1.38. The first-order chi connectivity index (χ1) is 6.29. The van der Waals surface area contributed by atoms with Gasteiger partial charge in [-0.15, -0.1) is 0 Å². The Kier molecular flexibility index (Phi) is 3.98. The number of methoxy groups -OCH3 is 1. The number of piperazine rings is 1. The predicted molar refractivity (Wildman–Crippen MR) is 47.5 cm³/mol. The van der Waals surface area contributed by atoms with Crippen LogP contribution in [0.3, 0.4) is 0 Å². The molecule has 2 N–H and O–H groups in total. The van der Waals surface area contributed by atoms with Crippen molar-refractivity contribution >= 4 is 6.09 Å². The van der Waals surface area contributed by atoms with Crippen LogP contribution >= 0.6 is 0 Å². The Morgan fingerprint density at radius 1 is 1.77 bits per heavy atom. The fraction of sp³-hybridized carbons (Fsp3) is 0.875. The van der Waals surface area contributed by atoms with Crippen LogP contribution in [0.2, 0.25) is 0 Å². The number of carbonyl (C=O) groups is 1. The standard InChI is InChI=1S/C8H16N2O3/c1-13-8(12)10-4-3-9-6-7(10)2-5-11/h7,9,11H,2-6H2,1H3.